The number of likely N-dealkylation sites (N-methyl/N-ethyl adjacent to an activating group) is 1. The zero-order valence-electron chi connectivity index (χ0n) is 10.6. The molecule has 0 aliphatic rings. The van der Waals surface area contributed by atoms with Crippen LogP contribution in [0, 0.1) is 0 Å². The fraction of sp³-hybridized carbons (Fsp3) is 0.750. The predicted molar refractivity (Wildman–Crippen MR) is 61.6 cm³/mol. The Kier molecular flexibility index (Phi) is 6.92. The van der Waals surface area contributed by atoms with Crippen LogP contribution in [0.2, 0.25) is 0 Å². The number of unbranched alkanes of at least 4 members (excludes halogenated alkanes) is 1. The van der Waals surface area contributed by atoms with E-state index in [0.29, 0.717) is 19.5 Å². The van der Waals surface area contributed by atoms with Crippen molar-refractivity contribution in [3.8, 4) is 0 Å². The second-order valence-corrected chi connectivity index (χ2v) is 3.79. The highest BCUT2D eigenvalue weighted by Gasteiger charge is 2.27. The van der Waals surface area contributed by atoms with Gasteiger partial charge in [0.25, 0.3) is 0 Å². The summed E-state index contributed by atoms with van der Waals surface area (Å²) in [4.78, 5) is 13.3. The average Bonchev–Trinajstić information content (AvgIpc) is 2.24. The molecule has 0 radical (unpaired) electrons. The van der Waals surface area contributed by atoms with Gasteiger partial charge in [-0.3, -0.25) is 4.79 Å². The third-order valence-electron chi connectivity index (χ3n) is 2.46. The summed E-state index contributed by atoms with van der Waals surface area (Å²) in [5, 5.41) is 0. The SMILES string of the molecule is CCCC/C(=C/C(F)(F)F)C(=O)N(CC)CC. The molecule has 2 nitrogen and oxygen atoms in total. The smallest absolute Gasteiger partial charge is 0.339 e. The lowest BCUT2D eigenvalue weighted by Gasteiger charge is -2.20. The zero-order valence-corrected chi connectivity index (χ0v) is 10.6. The highest BCUT2D eigenvalue weighted by Crippen LogP contribution is 2.22. The Hall–Kier alpha value is -1.00. The summed E-state index contributed by atoms with van der Waals surface area (Å²) < 4.78 is 37.0. The molecule has 0 unspecified atom stereocenters. The molecule has 0 aliphatic heterocycles. The number of hydrogen-bond acceptors (Lipinski definition) is 1. The van der Waals surface area contributed by atoms with Crippen molar-refractivity contribution < 1.29 is 18.0 Å². The fourth-order valence-corrected chi connectivity index (χ4v) is 1.52. The van der Waals surface area contributed by atoms with Crippen LogP contribution < -0.4 is 0 Å². The van der Waals surface area contributed by atoms with E-state index in [1.165, 1.54) is 4.90 Å². The number of amides is 1. The third kappa shape index (κ3) is 6.34. The van der Waals surface area contributed by atoms with Gasteiger partial charge in [-0.15, -0.1) is 0 Å². The number of alkyl halides is 3. The van der Waals surface area contributed by atoms with E-state index in [1.807, 2.05) is 6.92 Å². The fourth-order valence-electron chi connectivity index (χ4n) is 1.52. The van der Waals surface area contributed by atoms with Crippen molar-refractivity contribution in [2.75, 3.05) is 13.1 Å². The van der Waals surface area contributed by atoms with Crippen molar-refractivity contribution in [2.24, 2.45) is 0 Å². The topological polar surface area (TPSA) is 20.3 Å². The van der Waals surface area contributed by atoms with E-state index in [-0.39, 0.29) is 18.1 Å². The lowest BCUT2D eigenvalue weighted by molar-refractivity contribution is -0.127. The van der Waals surface area contributed by atoms with Crippen molar-refractivity contribution in [3.63, 3.8) is 0 Å². The molecule has 0 spiro atoms. The van der Waals surface area contributed by atoms with Gasteiger partial charge in [-0.2, -0.15) is 13.2 Å². The van der Waals surface area contributed by atoms with Crippen molar-refractivity contribution in [2.45, 2.75) is 46.2 Å². The van der Waals surface area contributed by atoms with Gasteiger partial charge in [0, 0.05) is 24.7 Å². The number of carbonyl (C=O) groups excluding carboxylic acids is 1. The van der Waals surface area contributed by atoms with Crippen LogP contribution in [0.5, 0.6) is 0 Å². The van der Waals surface area contributed by atoms with E-state index in [4.69, 9.17) is 0 Å². The molecular weight excluding hydrogens is 231 g/mol. The summed E-state index contributed by atoms with van der Waals surface area (Å²) in [7, 11) is 0. The summed E-state index contributed by atoms with van der Waals surface area (Å²) in [5.74, 6) is -0.499. The molecule has 0 saturated heterocycles. The summed E-state index contributed by atoms with van der Waals surface area (Å²) in [6.07, 6.45) is -2.74. The molecule has 0 aromatic carbocycles. The van der Waals surface area contributed by atoms with Crippen LogP contribution in [0.1, 0.15) is 40.0 Å². The van der Waals surface area contributed by atoms with E-state index >= 15 is 0 Å². The van der Waals surface area contributed by atoms with Gasteiger partial charge in [-0.05, 0) is 26.7 Å². The minimum absolute atomic E-state index is 0.136. The maximum atomic E-state index is 12.3. The van der Waals surface area contributed by atoms with Crippen LogP contribution in [0.4, 0.5) is 13.2 Å². The maximum Gasteiger partial charge on any atom is 0.410 e. The van der Waals surface area contributed by atoms with Gasteiger partial charge >= 0.3 is 6.18 Å². The van der Waals surface area contributed by atoms with Gasteiger partial charge in [0.1, 0.15) is 0 Å². The van der Waals surface area contributed by atoms with Crippen molar-refractivity contribution in [1.29, 1.82) is 0 Å². The van der Waals surface area contributed by atoms with Crippen LogP contribution >= 0.6 is 0 Å². The van der Waals surface area contributed by atoms with Crippen LogP contribution in [-0.2, 0) is 4.79 Å². The van der Waals surface area contributed by atoms with Gasteiger partial charge in [0.2, 0.25) is 5.91 Å². The summed E-state index contributed by atoms with van der Waals surface area (Å²) >= 11 is 0. The van der Waals surface area contributed by atoms with Crippen molar-refractivity contribution in [3.05, 3.63) is 11.6 Å². The average molecular weight is 251 g/mol. The molecule has 0 N–H and O–H groups in total. The quantitative estimate of drug-likeness (QED) is 0.661. The van der Waals surface area contributed by atoms with E-state index < -0.39 is 12.1 Å². The van der Waals surface area contributed by atoms with E-state index in [0.717, 1.165) is 6.42 Å². The van der Waals surface area contributed by atoms with Gasteiger partial charge in [-0.1, -0.05) is 13.3 Å². The van der Waals surface area contributed by atoms with E-state index in [9.17, 15) is 18.0 Å². The molecule has 1 amide bonds. The molecule has 0 rings (SSSR count). The number of carbonyl (C=O) groups is 1. The molecule has 0 heterocycles. The standard InChI is InChI=1S/C12H20F3NO/c1-4-7-8-10(9-12(13,14)15)11(17)16(5-2)6-3/h9H,4-8H2,1-3H3/b10-9-. The normalized spacial score (nSPS) is 12.7. The minimum atomic E-state index is -4.42. The second kappa shape index (κ2) is 7.35. The van der Waals surface area contributed by atoms with E-state index in [2.05, 4.69) is 0 Å². The van der Waals surface area contributed by atoms with Gasteiger partial charge in [-0.25, -0.2) is 0 Å². The molecule has 100 valence electrons. The van der Waals surface area contributed by atoms with Crippen LogP contribution in [0.15, 0.2) is 11.6 Å². The zero-order chi connectivity index (χ0) is 13.5. The third-order valence-corrected chi connectivity index (χ3v) is 2.46. The van der Waals surface area contributed by atoms with Crippen molar-refractivity contribution >= 4 is 5.91 Å². The molecular formula is C12H20F3NO. The molecule has 0 aromatic heterocycles. The molecule has 0 atom stereocenters. The Morgan fingerprint density at radius 3 is 2.06 bits per heavy atom. The first-order chi connectivity index (χ1) is 7.85. The summed E-state index contributed by atoms with van der Waals surface area (Å²) in [6.45, 7) is 6.25. The Balaban J connectivity index is 4.91. The number of nitrogens with zero attached hydrogens (tertiary/aromatic N) is 1. The predicted octanol–water partition coefficient (Wildman–Crippen LogP) is 3.53. The molecule has 5 heteroatoms. The van der Waals surface area contributed by atoms with Crippen LogP contribution in [0.25, 0.3) is 0 Å². The number of hydrogen-bond donors (Lipinski definition) is 0. The number of allylic oxidation sites excluding steroid dienone is 1. The number of rotatable bonds is 6. The Morgan fingerprint density at radius 2 is 1.71 bits per heavy atom. The first-order valence-corrected chi connectivity index (χ1v) is 5.93. The van der Waals surface area contributed by atoms with Crippen LogP contribution in [-0.4, -0.2) is 30.1 Å². The van der Waals surface area contributed by atoms with Crippen molar-refractivity contribution in [1.82, 2.24) is 4.90 Å². The Labute approximate surface area is 100 Å². The van der Waals surface area contributed by atoms with Gasteiger partial charge in [0.15, 0.2) is 0 Å². The summed E-state index contributed by atoms with van der Waals surface area (Å²) in [5.41, 5.74) is -0.136. The highest BCUT2D eigenvalue weighted by atomic mass is 19.4. The minimum Gasteiger partial charge on any atom is -0.339 e. The molecule has 0 aromatic rings. The molecule has 17 heavy (non-hydrogen) atoms. The first-order valence-electron chi connectivity index (χ1n) is 5.93. The largest absolute Gasteiger partial charge is 0.410 e. The molecule has 0 aliphatic carbocycles. The summed E-state index contributed by atoms with van der Waals surface area (Å²) in [6, 6.07) is 0. The monoisotopic (exact) mass is 251 g/mol. The highest BCUT2D eigenvalue weighted by molar-refractivity contribution is 5.93. The van der Waals surface area contributed by atoms with Gasteiger partial charge < -0.3 is 4.90 Å². The Bertz CT molecular complexity index is 267. The van der Waals surface area contributed by atoms with E-state index in [1.54, 1.807) is 13.8 Å². The second-order valence-electron chi connectivity index (χ2n) is 3.79. The molecule has 0 saturated carbocycles. The van der Waals surface area contributed by atoms with Crippen LogP contribution in [0.3, 0.4) is 0 Å². The van der Waals surface area contributed by atoms with Gasteiger partial charge in [0.05, 0.1) is 0 Å². The molecule has 0 bridgehead atoms. The Morgan fingerprint density at radius 1 is 1.18 bits per heavy atom. The first kappa shape index (κ1) is 16.0. The lowest BCUT2D eigenvalue weighted by Crippen LogP contribution is -2.32. The maximum absolute atomic E-state index is 12.3. The lowest BCUT2D eigenvalue weighted by atomic mass is 10.1. The number of halogens is 3. The molecule has 0 fully saturated rings.